The van der Waals surface area contributed by atoms with Gasteiger partial charge in [-0.2, -0.15) is 5.26 Å². The molecule has 3 heterocycles. The van der Waals surface area contributed by atoms with Gasteiger partial charge >= 0.3 is 0 Å². The summed E-state index contributed by atoms with van der Waals surface area (Å²) in [5.74, 6) is 0.594. The van der Waals surface area contributed by atoms with Crippen LogP contribution in [0, 0.1) is 18.3 Å². The zero-order chi connectivity index (χ0) is 29.1. The lowest BCUT2D eigenvalue weighted by molar-refractivity contribution is -0.123. The molecule has 0 spiro atoms. The van der Waals surface area contributed by atoms with E-state index < -0.39 is 0 Å². The number of hydrogen-bond donors (Lipinski definition) is 0. The standard InChI is InChI=1S/C32H33N5O2S2/c1-4-36-29(35-17-15-34(16-18-35)21-24-11-7-5-8-12-24)26(22(2)27(20-33)30(36)38)19-28-31(39)37(32(40)41-28)23(3)25-13-9-6-10-14-25/h5-14,19,23H,4,15-18,21H2,1-3H3/b28-19-. The molecule has 2 aromatic carbocycles. The van der Waals surface area contributed by atoms with Gasteiger partial charge in [0, 0.05) is 44.8 Å². The van der Waals surface area contributed by atoms with Crippen LogP contribution in [0.4, 0.5) is 5.82 Å². The van der Waals surface area contributed by atoms with E-state index in [0.29, 0.717) is 21.3 Å². The molecule has 0 N–H and O–H groups in total. The number of benzene rings is 2. The van der Waals surface area contributed by atoms with Crippen molar-refractivity contribution in [2.45, 2.75) is 39.9 Å². The van der Waals surface area contributed by atoms with E-state index in [1.54, 1.807) is 16.4 Å². The second kappa shape index (κ2) is 12.4. The average Bonchev–Trinajstić information content (AvgIpc) is 3.27. The van der Waals surface area contributed by atoms with Crippen molar-refractivity contribution in [1.29, 1.82) is 5.26 Å². The highest BCUT2D eigenvalue weighted by atomic mass is 32.2. The molecule has 1 atom stereocenters. The van der Waals surface area contributed by atoms with Gasteiger partial charge in [-0.15, -0.1) is 0 Å². The summed E-state index contributed by atoms with van der Waals surface area (Å²) in [6.07, 6.45) is 1.84. The summed E-state index contributed by atoms with van der Waals surface area (Å²) in [5, 5.41) is 9.91. The predicted octanol–water partition coefficient (Wildman–Crippen LogP) is 5.33. The van der Waals surface area contributed by atoms with Gasteiger partial charge < -0.3 is 4.90 Å². The van der Waals surface area contributed by atoms with E-state index in [-0.39, 0.29) is 23.1 Å². The molecule has 41 heavy (non-hydrogen) atoms. The molecule has 1 unspecified atom stereocenters. The van der Waals surface area contributed by atoms with Crippen LogP contribution in [0.2, 0.25) is 0 Å². The maximum atomic E-state index is 13.7. The molecule has 0 aliphatic carbocycles. The van der Waals surface area contributed by atoms with Gasteiger partial charge in [0.15, 0.2) is 0 Å². The van der Waals surface area contributed by atoms with E-state index >= 15 is 0 Å². The lowest BCUT2D eigenvalue weighted by Crippen LogP contribution is -2.48. The largest absolute Gasteiger partial charge is 0.355 e. The monoisotopic (exact) mass is 583 g/mol. The van der Waals surface area contributed by atoms with Crippen LogP contribution in [-0.4, -0.2) is 50.8 Å². The first-order valence-corrected chi connectivity index (χ1v) is 15.1. The summed E-state index contributed by atoms with van der Waals surface area (Å²) in [4.78, 5) is 33.9. The third kappa shape index (κ3) is 5.73. The summed E-state index contributed by atoms with van der Waals surface area (Å²) in [6.45, 7) is 10.1. The van der Waals surface area contributed by atoms with Crippen molar-refractivity contribution in [1.82, 2.24) is 14.4 Å². The fourth-order valence-electron chi connectivity index (χ4n) is 5.56. The summed E-state index contributed by atoms with van der Waals surface area (Å²) < 4.78 is 2.17. The highest BCUT2D eigenvalue weighted by molar-refractivity contribution is 8.26. The zero-order valence-corrected chi connectivity index (χ0v) is 25.2. The van der Waals surface area contributed by atoms with Crippen LogP contribution >= 0.6 is 24.0 Å². The first-order chi connectivity index (χ1) is 19.8. The Morgan fingerprint density at radius 3 is 2.27 bits per heavy atom. The molecular weight excluding hydrogens is 551 g/mol. The number of pyridine rings is 1. The number of carbonyl (C=O) groups excluding carboxylic acids is 1. The lowest BCUT2D eigenvalue weighted by Gasteiger charge is -2.38. The van der Waals surface area contributed by atoms with Gasteiger partial charge in [-0.25, -0.2) is 0 Å². The Labute approximate surface area is 250 Å². The van der Waals surface area contributed by atoms with Crippen LogP contribution < -0.4 is 10.5 Å². The minimum atomic E-state index is -0.295. The summed E-state index contributed by atoms with van der Waals surface area (Å²) >= 11 is 6.93. The molecule has 2 aliphatic rings. The number of hydrogen-bond acceptors (Lipinski definition) is 7. The fraction of sp³-hybridized carbons (Fsp3) is 0.312. The van der Waals surface area contributed by atoms with Crippen molar-refractivity contribution < 1.29 is 4.79 Å². The van der Waals surface area contributed by atoms with Gasteiger partial charge in [0.05, 0.1) is 10.9 Å². The third-order valence-electron chi connectivity index (χ3n) is 7.85. The van der Waals surface area contributed by atoms with Gasteiger partial charge in [0.2, 0.25) is 0 Å². The van der Waals surface area contributed by atoms with Crippen LogP contribution in [0.1, 0.15) is 47.7 Å². The van der Waals surface area contributed by atoms with E-state index in [0.717, 1.165) is 49.7 Å². The predicted molar refractivity (Wildman–Crippen MR) is 170 cm³/mol. The van der Waals surface area contributed by atoms with Crippen LogP contribution in [0.3, 0.4) is 0 Å². The van der Waals surface area contributed by atoms with E-state index in [1.807, 2.05) is 56.3 Å². The summed E-state index contributed by atoms with van der Waals surface area (Å²) in [5.41, 5.74) is 3.40. The van der Waals surface area contributed by atoms with E-state index in [1.165, 1.54) is 17.3 Å². The highest BCUT2D eigenvalue weighted by Crippen LogP contribution is 2.39. The minimum Gasteiger partial charge on any atom is -0.355 e. The molecular formula is C32H33N5O2S2. The number of rotatable bonds is 7. The van der Waals surface area contributed by atoms with Crippen molar-refractivity contribution >= 4 is 46.1 Å². The molecule has 0 saturated carbocycles. The van der Waals surface area contributed by atoms with Gasteiger partial charge in [-0.05, 0) is 43.5 Å². The van der Waals surface area contributed by atoms with Crippen molar-refractivity contribution in [3.63, 3.8) is 0 Å². The SMILES string of the molecule is CCn1c(N2CCN(Cc3ccccc3)CC2)c(/C=C2\SC(=S)N(C(C)c3ccccc3)C2=O)c(C)c(C#N)c1=O. The molecule has 2 saturated heterocycles. The Bertz CT molecular complexity index is 1590. The van der Waals surface area contributed by atoms with E-state index in [2.05, 4.69) is 40.1 Å². The molecule has 9 heteroatoms. The number of thioether (sulfide) groups is 1. The van der Waals surface area contributed by atoms with Crippen molar-refractivity contribution in [2.24, 2.45) is 0 Å². The van der Waals surface area contributed by atoms with E-state index in [9.17, 15) is 14.9 Å². The highest BCUT2D eigenvalue weighted by Gasteiger charge is 2.37. The number of amides is 1. The number of piperazine rings is 1. The quantitative estimate of drug-likeness (QED) is 0.275. The molecule has 2 fully saturated rings. The average molecular weight is 584 g/mol. The number of thiocarbonyl (C=S) groups is 1. The number of carbonyl (C=O) groups is 1. The van der Waals surface area contributed by atoms with Crippen LogP contribution in [0.15, 0.2) is 70.4 Å². The Hall–Kier alpha value is -3.71. The second-order valence-electron chi connectivity index (χ2n) is 10.3. The topological polar surface area (TPSA) is 72.6 Å². The van der Waals surface area contributed by atoms with Crippen molar-refractivity contribution in [2.75, 3.05) is 31.1 Å². The van der Waals surface area contributed by atoms with Gasteiger partial charge in [0.25, 0.3) is 11.5 Å². The van der Waals surface area contributed by atoms with E-state index in [4.69, 9.17) is 12.2 Å². The molecule has 3 aromatic rings. The van der Waals surface area contributed by atoms with Crippen LogP contribution in [0.25, 0.3) is 6.08 Å². The first kappa shape index (κ1) is 28.8. The normalized spacial score (nSPS) is 17.8. The smallest absolute Gasteiger partial charge is 0.270 e. The molecule has 0 bridgehead atoms. The molecule has 1 amide bonds. The van der Waals surface area contributed by atoms with Gasteiger partial charge in [-0.3, -0.25) is 24.0 Å². The third-order valence-corrected chi connectivity index (χ3v) is 9.18. The Morgan fingerprint density at radius 1 is 1.02 bits per heavy atom. The van der Waals surface area contributed by atoms with Gasteiger partial charge in [0.1, 0.15) is 21.8 Å². The molecule has 2 aliphatic heterocycles. The van der Waals surface area contributed by atoms with Crippen molar-refractivity contribution in [3.8, 4) is 6.07 Å². The number of aromatic nitrogens is 1. The van der Waals surface area contributed by atoms with Crippen LogP contribution in [-0.2, 0) is 17.9 Å². The number of anilines is 1. The second-order valence-corrected chi connectivity index (χ2v) is 12.0. The Morgan fingerprint density at radius 2 is 1.66 bits per heavy atom. The van der Waals surface area contributed by atoms with Crippen molar-refractivity contribution in [3.05, 3.63) is 104 Å². The first-order valence-electron chi connectivity index (χ1n) is 13.8. The maximum absolute atomic E-state index is 13.7. The molecule has 210 valence electrons. The van der Waals surface area contributed by atoms with Crippen LogP contribution in [0.5, 0.6) is 0 Å². The summed E-state index contributed by atoms with van der Waals surface area (Å²) in [7, 11) is 0. The van der Waals surface area contributed by atoms with Gasteiger partial charge in [-0.1, -0.05) is 84.6 Å². The molecule has 5 rings (SSSR count). The fourth-order valence-corrected chi connectivity index (χ4v) is 6.96. The molecule has 7 nitrogen and oxygen atoms in total. The number of nitrogens with zero attached hydrogens (tertiary/aromatic N) is 5. The lowest BCUT2D eigenvalue weighted by atomic mass is 10.0. The zero-order valence-electron chi connectivity index (χ0n) is 23.5. The Kier molecular flexibility index (Phi) is 8.74. The maximum Gasteiger partial charge on any atom is 0.270 e. The molecule has 1 aromatic heterocycles. The minimum absolute atomic E-state index is 0.109. The molecule has 0 radical (unpaired) electrons. The number of nitriles is 1. The Balaban J connectivity index is 1.50. The summed E-state index contributed by atoms with van der Waals surface area (Å²) in [6, 6.07) is 22.1.